The quantitative estimate of drug-likeness (QED) is 0.779. The van der Waals surface area contributed by atoms with Crippen LogP contribution in [0.3, 0.4) is 0 Å². The molecule has 1 aromatic carbocycles. The minimum atomic E-state index is 0.556. The fourth-order valence-corrected chi connectivity index (χ4v) is 2.60. The lowest BCUT2D eigenvalue weighted by atomic mass is 10.0. The predicted molar refractivity (Wildman–Crippen MR) is 86.4 cm³/mol. The van der Waals surface area contributed by atoms with Crippen LogP contribution >= 0.6 is 0 Å². The molecule has 0 aliphatic heterocycles. The maximum atomic E-state index is 4.85. The Bertz CT molecular complexity index is 555. The Morgan fingerprint density at radius 1 is 1.20 bits per heavy atom. The summed E-state index contributed by atoms with van der Waals surface area (Å²) in [5.41, 5.74) is 3.78. The van der Waals surface area contributed by atoms with Gasteiger partial charge in [-0.2, -0.15) is 0 Å². The average Bonchev–Trinajstić information content (AvgIpc) is 2.79. The van der Waals surface area contributed by atoms with Gasteiger partial charge in [0.2, 0.25) is 0 Å². The summed E-state index contributed by atoms with van der Waals surface area (Å²) in [5.74, 6) is 1.76. The summed E-state index contributed by atoms with van der Waals surface area (Å²) in [6.07, 6.45) is 2.18. The first-order valence-corrected chi connectivity index (χ1v) is 7.87. The zero-order valence-corrected chi connectivity index (χ0v) is 13.2. The fraction of sp³-hybridized carbons (Fsp3) is 0.588. The Morgan fingerprint density at radius 3 is 2.65 bits per heavy atom. The van der Waals surface area contributed by atoms with E-state index >= 15 is 0 Å². The van der Waals surface area contributed by atoms with Gasteiger partial charge in [0.15, 0.2) is 0 Å². The molecule has 0 atom stereocenters. The number of fused-ring (bicyclic) bond motifs is 1. The number of hydrogen-bond donors (Lipinski definition) is 1. The molecule has 3 heteroatoms. The van der Waals surface area contributed by atoms with E-state index in [9.17, 15) is 0 Å². The minimum Gasteiger partial charge on any atom is -0.328 e. The van der Waals surface area contributed by atoms with E-state index in [0.29, 0.717) is 5.92 Å². The summed E-state index contributed by atoms with van der Waals surface area (Å²) in [6.45, 7) is 11.9. The number of benzene rings is 1. The molecule has 2 aromatic rings. The van der Waals surface area contributed by atoms with Crippen molar-refractivity contribution in [2.24, 2.45) is 0 Å². The van der Waals surface area contributed by atoms with Crippen LogP contribution in [0.25, 0.3) is 11.0 Å². The van der Waals surface area contributed by atoms with Crippen LogP contribution in [-0.2, 0) is 13.0 Å². The molecule has 0 spiro atoms. The highest BCUT2D eigenvalue weighted by atomic mass is 15.1. The third-order valence-corrected chi connectivity index (χ3v) is 3.79. The standard InChI is InChI=1S/C17H27N3/c1-5-10-18-11-9-17-19-15-12-14(13(3)4)7-8-16(15)20(17)6-2/h7-8,12-13,18H,5-6,9-11H2,1-4H3. The molecule has 0 aliphatic carbocycles. The van der Waals surface area contributed by atoms with Crippen molar-refractivity contribution in [2.75, 3.05) is 13.1 Å². The summed E-state index contributed by atoms with van der Waals surface area (Å²) >= 11 is 0. The maximum Gasteiger partial charge on any atom is 0.111 e. The second-order valence-corrected chi connectivity index (χ2v) is 5.68. The summed E-state index contributed by atoms with van der Waals surface area (Å²) < 4.78 is 2.34. The Kier molecular flexibility index (Phi) is 5.18. The Hall–Kier alpha value is -1.35. The van der Waals surface area contributed by atoms with Crippen molar-refractivity contribution >= 4 is 11.0 Å². The first-order valence-electron chi connectivity index (χ1n) is 7.87. The van der Waals surface area contributed by atoms with Crippen molar-refractivity contribution in [2.45, 2.75) is 53.0 Å². The zero-order valence-electron chi connectivity index (χ0n) is 13.2. The minimum absolute atomic E-state index is 0.556. The molecule has 2 rings (SSSR count). The first-order chi connectivity index (χ1) is 9.67. The number of nitrogens with one attached hydrogen (secondary N) is 1. The molecular weight excluding hydrogens is 246 g/mol. The summed E-state index contributed by atoms with van der Waals surface area (Å²) in [4.78, 5) is 4.85. The zero-order chi connectivity index (χ0) is 14.5. The summed E-state index contributed by atoms with van der Waals surface area (Å²) in [6, 6.07) is 6.71. The van der Waals surface area contributed by atoms with Gasteiger partial charge in [0, 0.05) is 19.5 Å². The highest BCUT2D eigenvalue weighted by Crippen LogP contribution is 2.22. The van der Waals surface area contributed by atoms with E-state index in [1.165, 1.54) is 23.3 Å². The summed E-state index contributed by atoms with van der Waals surface area (Å²) in [7, 11) is 0. The van der Waals surface area contributed by atoms with Crippen molar-refractivity contribution in [1.29, 1.82) is 0 Å². The normalized spacial score (nSPS) is 11.7. The molecule has 1 aromatic heterocycles. The number of aryl methyl sites for hydroxylation is 1. The molecular formula is C17H27N3. The van der Waals surface area contributed by atoms with Crippen molar-refractivity contribution in [1.82, 2.24) is 14.9 Å². The maximum absolute atomic E-state index is 4.85. The topological polar surface area (TPSA) is 29.9 Å². The van der Waals surface area contributed by atoms with Gasteiger partial charge < -0.3 is 9.88 Å². The number of hydrogen-bond acceptors (Lipinski definition) is 2. The highest BCUT2D eigenvalue weighted by Gasteiger charge is 2.10. The second-order valence-electron chi connectivity index (χ2n) is 5.68. The van der Waals surface area contributed by atoms with E-state index in [4.69, 9.17) is 4.98 Å². The van der Waals surface area contributed by atoms with E-state index < -0.39 is 0 Å². The van der Waals surface area contributed by atoms with Gasteiger partial charge in [-0.15, -0.1) is 0 Å². The average molecular weight is 273 g/mol. The molecule has 0 aliphatic rings. The second kappa shape index (κ2) is 6.89. The lowest BCUT2D eigenvalue weighted by molar-refractivity contribution is 0.633. The third kappa shape index (κ3) is 3.21. The van der Waals surface area contributed by atoms with Crippen molar-refractivity contribution < 1.29 is 0 Å². The van der Waals surface area contributed by atoms with E-state index in [1.54, 1.807) is 0 Å². The van der Waals surface area contributed by atoms with Crippen molar-refractivity contribution in [3.8, 4) is 0 Å². The van der Waals surface area contributed by atoms with Gasteiger partial charge in [0.05, 0.1) is 11.0 Å². The monoisotopic (exact) mass is 273 g/mol. The highest BCUT2D eigenvalue weighted by molar-refractivity contribution is 5.77. The lowest BCUT2D eigenvalue weighted by Crippen LogP contribution is -2.19. The molecule has 1 heterocycles. The number of rotatable bonds is 7. The lowest BCUT2D eigenvalue weighted by Gasteiger charge is -2.07. The molecule has 0 bridgehead atoms. The van der Waals surface area contributed by atoms with E-state index in [-0.39, 0.29) is 0 Å². The Morgan fingerprint density at radius 2 is 2.00 bits per heavy atom. The van der Waals surface area contributed by atoms with E-state index in [1.807, 2.05) is 0 Å². The SMILES string of the molecule is CCCNCCc1nc2cc(C(C)C)ccc2n1CC. The van der Waals surface area contributed by atoms with E-state index in [0.717, 1.165) is 31.6 Å². The number of imidazole rings is 1. The van der Waals surface area contributed by atoms with E-state index in [2.05, 4.69) is 55.8 Å². The Labute approximate surface area is 122 Å². The van der Waals surface area contributed by atoms with Crippen molar-refractivity contribution in [3.05, 3.63) is 29.6 Å². The van der Waals surface area contributed by atoms with Crippen LogP contribution in [0.4, 0.5) is 0 Å². The molecule has 110 valence electrons. The number of nitrogens with zero attached hydrogens (tertiary/aromatic N) is 2. The van der Waals surface area contributed by atoms with Gasteiger partial charge in [-0.1, -0.05) is 26.8 Å². The van der Waals surface area contributed by atoms with Gasteiger partial charge in [-0.3, -0.25) is 0 Å². The Balaban J connectivity index is 2.25. The van der Waals surface area contributed by atoms with Crippen LogP contribution in [0, 0.1) is 0 Å². The van der Waals surface area contributed by atoms with Crippen LogP contribution in [0.2, 0.25) is 0 Å². The molecule has 3 nitrogen and oxygen atoms in total. The van der Waals surface area contributed by atoms with Gasteiger partial charge in [0.25, 0.3) is 0 Å². The van der Waals surface area contributed by atoms with Gasteiger partial charge in [-0.05, 0) is 43.5 Å². The molecule has 0 saturated heterocycles. The van der Waals surface area contributed by atoms with Crippen LogP contribution in [0.15, 0.2) is 18.2 Å². The van der Waals surface area contributed by atoms with Gasteiger partial charge in [0.1, 0.15) is 5.82 Å². The smallest absolute Gasteiger partial charge is 0.111 e. The summed E-state index contributed by atoms with van der Waals surface area (Å²) in [5, 5.41) is 3.46. The van der Waals surface area contributed by atoms with Crippen LogP contribution in [0.5, 0.6) is 0 Å². The van der Waals surface area contributed by atoms with Crippen LogP contribution < -0.4 is 5.32 Å². The van der Waals surface area contributed by atoms with Crippen LogP contribution in [0.1, 0.15) is 51.4 Å². The molecule has 0 amide bonds. The van der Waals surface area contributed by atoms with Gasteiger partial charge in [-0.25, -0.2) is 4.98 Å². The largest absolute Gasteiger partial charge is 0.328 e. The molecule has 0 saturated carbocycles. The third-order valence-electron chi connectivity index (χ3n) is 3.79. The molecule has 0 fully saturated rings. The molecule has 1 N–H and O–H groups in total. The van der Waals surface area contributed by atoms with Gasteiger partial charge >= 0.3 is 0 Å². The molecule has 0 unspecified atom stereocenters. The van der Waals surface area contributed by atoms with Crippen LogP contribution in [-0.4, -0.2) is 22.6 Å². The first kappa shape index (κ1) is 15.0. The molecule has 0 radical (unpaired) electrons. The number of aromatic nitrogens is 2. The van der Waals surface area contributed by atoms with Crippen molar-refractivity contribution in [3.63, 3.8) is 0 Å². The molecule has 20 heavy (non-hydrogen) atoms. The fourth-order valence-electron chi connectivity index (χ4n) is 2.60. The predicted octanol–water partition coefficient (Wildman–Crippen LogP) is 3.72.